The predicted molar refractivity (Wildman–Crippen MR) is 87.9 cm³/mol. The van der Waals surface area contributed by atoms with E-state index < -0.39 is 11.6 Å². The molecule has 6 heteroatoms. The number of esters is 1. The first-order valence-corrected chi connectivity index (χ1v) is 7.72. The van der Waals surface area contributed by atoms with Crippen molar-refractivity contribution in [3.8, 4) is 5.75 Å². The number of anilines is 1. The lowest BCUT2D eigenvalue weighted by atomic mass is 10.0. The summed E-state index contributed by atoms with van der Waals surface area (Å²) in [5, 5.41) is 2.78. The number of hydrogen-bond donors (Lipinski definition) is 1. The van der Waals surface area contributed by atoms with Gasteiger partial charge in [-0.15, -0.1) is 0 Å². The number of ether oxygens (including phenoxy) is 3. The Balaban J connectivity index is 3.03. The summed E-state index contributed by atoms with van der Waals surface area (Å²) in [6, 6.07) is 4.82. The first-order chi connectivity index (χ1) is 10.9. The number of benzene rings is 1. The molecule has 0 radical (unpaired) electrons. The Labute approximate surface area is 137 Å². The summed E-state index contributed by atoms with van der Waals surface area (Å²) in [6.45, 7) is 7.89. The van der Waals surface area contributed by atoms with Gasteiger partial charge >= 0.3 is 5.97 Å². The van der Waals surface area contributed by atoms with Gasteiger partial charge in [0.1, 0.15) is 16.9 Å². The standard InChI is InChI=1S/C17H25NO5/c1-6-17(4,23-8-3)16(20)18-12-9-10-14(21-5)13(11-12)15(19)22-7-2/h9-11H,6-8H2,1-5H3,(H,18,20)/t17-/m1/s1. The highest BCUT2D eigenvalue weighted by atomic mass is 16.5. The normalized spacial score (nSPS) is 13.1. The lowest BCUT2D eigenvalue weighted by molar-refractivity contribution is -0.139. The Morgan fingerprint density at radius 3 is 2.39 bits per heavy atom. The summed E-state index contributed by atoms with van der Waals surface area (Å²) in [5.41, 5.74) is -0.168. The Morgan fingerprint density at radius 2 is 1.87 bits per heavy atom. The van der Waals surface area contributed by atoms with Crippen molar-refractivity contribution < 1.29 is 23.8 Å². The monoisotopic (exact) mass is 323 g/mol. The van der Waals surface area contributed by atoms with Crippen LogP contribution in [0.5, 0.6) is 5.75 Å². The van der Waals surface area contributed by atoms with Crippen molar-refractivity contribution in [2.24, 2.45) is 0 Å². The second kappa shape index (κ2) is 8.53. The maximum atomic E-state index is 12.4. The van der Waals surface area contributed by atoms with E-state index in [0.29, 0.717) is 24.5 Å². The topological polar surface area (TPSA) is 73.9 Å². The number of rotatable bonds is 8. The van der Waals surface area contributed by atoms with Crippen LogP contribution in [0.4, 0.5) is 5.69 Å². The van der Waals surface area contributed by atoms with Crippen molar-refractivity contribution in [3.63, 3.8) is 0 Å². The average molecular weight is 323 g/mol. The van der Waals surface area contributed by atoms with Crippen molar-refractivity contribution in [3.05, 3.63) is 23.8 Å². The molecule has 0 aliphatic rings. The first kappa shape index (κ1) is 19.0. The van der Waals surface area contributed by atoms with Crippen LogP contribution in [0.1, 0.15) is 44.5 Å². The lowest BCUT2D eigenvalue weighted by Crippen LogP contribution is -2.42. The first-order valence-electron chi connectivity index (χ1n) is 7.72. The highest BCUT2D eigenvalue weighted by Crippen LogP contribution is 2.25. The molecule has 23 heavy (non-hydrogen) atoms. The van der Waals surface area contributed by atoms with E-state index in [1.165, 1.54) is 13.2 Å². The van der Waals surface area contributed by atoms with E-state index in [0.717, 1.165) is 0 Å². The fourth-order valence-electron chi connectivity index (χ4n) is 2.06. The third-order valence-corrected chi connectivity index (χ3v) is 3.57. The SMILES string of the molecule is CCOC(=O)c1cc(NC(=O)[C@@](C)(CC)OCC)ccc1OC. The minimum Gasteiger partial charge on any atom is -0.496 e. The molecule has 128 valence electrons. The van der Waals surface area contributed by atoms with Crippen molar-refractivity contribution in [1.82, 2.24) is 0 Å². The zero-order chi connectivity index (χ0) is 17.5. The molecular formula is C17H25NO5. The summed E-state index contributed by atoms with van der Waals surface area (Å²) < 4.78 is 15.7. The molecule has 0 heterocycles. The molecule has 0 saturated heterocycles. The molecule has 1 rings (SSSR count). The van der Waals surface area contributed by atoms with Crippen LogP contribution in [-0.4, -0.2) is 37.8 Å². The summed E-state index contributed by atoms with van der Waals surface area (Å²) in [4.78, 5) is 24.4. The summed E-state index contributed by atoms with van der Waals surface area (Å²) in [5.74, 6) is -0.366. The van der Waals surface area contributed by atoms with Crippen LogP contribution in [0, 0.1) is 0 Å². The summed E-state index contributed by atoms with van der Waals surface area (Å²) in [7, 11) is 1.47. The lowest BCUT2D eigenvalue weighted by Gasteiger charge is -2.26. The van der Waals surface area contributed by atoms with Crippen molar-refractivity contribution in [2.45, 2.75) is 39.7 Å². The molecule has 1 atom stereocenters. The van der Waals surface area contributed by atoms with Crippen LogP contribution in [0.2, 0.25) is 0 Å². The average Bonchev–Trinajstić information content (AvgIpc) is 2.55. The van der Waals surface area contributed by atoms with Crippen LogP contribution in [0.3, 0.4) is 0 Å². The van der Waals surface area contributed by atoms with Gasteiger partial charge in [-0.25, -0.2) is 4.79 Å². The molecule has 0 saturated carbocycles. The van der Waals surface area contributed by atoms with Crippen molar-refractivity contribution in [1.29, 1.82) is 0 Å². The van der Waals surface area contributed by atoms with E-state index in [9.17, 15) is 9.59 Å². The minimum absolute atomic E-state index is 0.261. The van der Waals surface area contributed by atoms with E-state index in [2.05, 4.69) is 5.32 Å². The van der Waals surface area contributed by atoms with Crippen LogP contribution in [-0.2, 0) is 14.3 Å². The van der Waals surface area contributed by atoms with Crippen LogP contribution in [0.25, 0.3) is 0 Å². The van der Waals surface area contributed by atoms with E-state index >= 15 is 0 Å². The Morgan fingerprint density at radius 1 is 1.17 bits per heavy atom. The van der Waals surface area contributed by atoms with Gasteiger partial charge in [0.05, 0.1) is 13.7 Å². The fraction of sp³-hybridized carbons (Fsp3) is 0.529. The number of carbonyl (C=O) groups excluding carboxylic acids is 2. The fourth-order valence-corrected chi connectivity index (χ4v) is 2.06. The van der Waals surface area contributed by atoms with Crippen LogP contribution >= 0.6 is 0 Å². The molecule has 0 aromatic heterocycles. The molecular weight excluding hydrogens is 298 g/mol. The maximum Gasteiger partial charge on any atom is 0.341 e. The number of hydrogen-bond acceptors (Lipinski definition) is 5. The quantitative estimate of drug-likeness (QED) is 0.744. The molecule has 1 N–H and O–H groups in total. The summed E-state index contributed by atoms with van der Waals surface area (Å²) in [6.07, 6.45) is 0.535. The molecule has 6 nitrogen and oxygen atoms in total. The summed E-state index contributed by atoms with van der Waals surface area (Å²) >= 11 is 0. The van der Waals surface area contributed by atoms with Gasteiger partial charge in [0.2, 0.25) is 0 Å². The van der Waals surface area contributed by atoms with Crippen LogP contribution < -0.4 is 10.1 Å². The Bertz CT molecular complexity index is 558. The van der Waals surface area contributed by atoms with E-state index in [4.69, 9.17) is 14.2 Å². The third kappa shape index (κ3) is 4.69. The molecule has 0 aliphatic carbocycles. The Kier molecular flexibility index (Phi) is 7.03. The molecule has 0 spiro atoms. The van der Waals surface area contributed by atoms with Gasteiger partial charge in [-0.3, -0.25) is 4.79 Å². The van der Waals surface area contributed by atoms with Gasteiger partial charge < -0.3 is 19.5 Å². The number of methoxy groups -OCH3 is 1. The molecule has 1 amide bonds. The third-order valence-electron chi connectivity index (χ3n) is 3.57. The highest BCUT2D eigenvalue weighted by Gasteiger charge is 2.32. The smallest absolute Gasteiger partial charge is 0.341 e. The molecule has 0 unspecified atom stereocenters. The minimum atomic E-state index is -0.918. The Hall–Kier alpha value is -2.08. The molecule has 1 aromatic rings. The van der Waals surface area contributed by atoms with E-state index in [1.807, 2.05) is 13.8 Å². The zero-order valence-electron chi connectivity index (χ0n) is 14.4. The van der Waals surface area contributed by atoms with Gasteiger partial charge in [-0.1, -0.05) is 6.92 Å². The van der Waals surface area contributed by atoms with E-state index in [-0.39, 0.29) is 18.1 Å². The number of amides is 1. The van der Waals surface area contributed by atoms with Crippen LogP contribution in [0.15, 0.2) is 18.2 Å². The van der Waals surface area contributed by atoms with Gasteiger partial charge in [-0.05, 0) is 45.4 Å². The van der Waals surface area contributed by atoms with E-state index in [1.54, 1.807) is 26.0 Å². The maximum absolute atomic E-state index is 12.4. The van der Waals surface area contributed by atoms with Gasteiger partial charge in [-0.2, -0.15) is 0 Å². The van der Waals surface area contributed by atoms with Gasteiger partial charge in [0.15, 0.2) is 0 Å². The van der Waals surface area contributed by atoms with Gasteiger partial charge in [0.25, 0.3) is 5.91 Å². The second-order valence-corrected chi connectivity index (χ2v) is 5.11. The van der Waals surface area contributed by atoms with Gasteiger partial charge in [0, 0.05) is 12.3 Å². The highest BCUT2D eigenvalue weighted by molar-refractivity contribution is 5.99. The number of nitrogens with one attached hydrogen (secondary N) is 1. The zero-order valence-corrected chi connectivity index (χ0v) is 14.4. The predicted octanol–water partition coefficient (Wildman–Crippen LogP) is 3.02. The van der Waals surface area contributed by atoms with Crippen molar-refractivity contribution >= 4 is 17.6 Å². The second-order valence-electron chi connectivity index (χ2n) is 5.11. The molecule has 0 bridgehead atoms. The number of carbonyl (C=O) groups is 2. The molecule has 1 aromatic carbocycles. The molecule has 0 fully saturated rings. The largest absolute Gasteiger partial charge is 0.496 e. The molecule has 0 aliphatic heterocycles. The van der Waals surface area contributed by atoms with Crippen molar-refractivity contribution in [2.75, 3.05) is 25.6 Å².